The summed E-state index contributed by atoms with van der Waals surface area (Å²) in [5, 5.41) is 10.4. The fraction of sp³-hybridized carbons (Fsp3) is 0.625. The van der Waals surface area contributed by atoms with Crippen LogP contribution in [0.25, 0.3) is 0 Å². The second-order valence-corrected chi connectivity index (χ2v) is 8.26. The van der Waals surface area contributed by atoms with Crippen molar-refractivity contribution in [2.75, 3.05) is 36.7 Å². The molecule has 3 rings (SSSR count). The molecule has 0 unspecified atom stereocenters. The molecule has 1 aromatic rings. The van der Waals surface area contributed by atoms with Crippen LogP contribution in [0.5, 0.6) is 0 Å². The molecule has 0 aliphatic carbocycles. The largest absolute Gasteiger partial charge is 0.387 e. The Bertz CT molecular complexity index is 639. The number of rotatable bonds is 4. The number of sulfonamides is 1. The summed E-state index contributed by atoms with van der Waals surface area (Å²) in [6.45, 7) is 3.32. The number of fused-ring (bicyclic) bond motifs is 1. The molecule has 1 aromatic carbocycles. The molecule has 6 heteroatoms. The van der Waals surface area contributed by atoms with Gasteiger partial charge in [0.25, 0.3) is 0 Å². The summed E-state index contributed by atoms with van der Waals surface area (Å²) in [5.74, 6) is 0. The molecule has 2 aliphatic rings. The van der Waals surface area contributed by atoms with Gasteiger partial charge in [0.05, 0.1) is 18.0 Å². The molecular formula is C16H24N2O3S. The van der Waals surface area contributed by atoms with E-state index in [1.807, 2.05) is 18.2 Å². The van der Waals surface area contributed by atoms with Crippen molar-refractivity contribution in [1.29, 1.82) is 0 Å². The van der Waals surface area contributed by atoms with Crippen LogP contribution < -0.4 is 4.31 Å². The predicted molar refractivity (Wildman–Crippen MR) is 87.6 cm³/mol. The van der Waals surface area contributed by atoms with Gasteiger partial charge in [0, 0.05) is 13.1 Å². The Labute approximate surface area is 132 Å². The van der Waals surface area contributed by atoms with Gasteiger partial charge in [-0.15, -0.1) is 0 Å². The minimum atomic E-state index is -3.23. The van der Waals surface area contributed by atoms with Gasteiger partial charge in [0.15, 0.2) is 0 Å². The Kier molecular flexibility index (Phi) is 4.43. The monoisotopic (exact) mass is 324 g/mol. The van der Waals surface area contributed by atoms with E-state index < -0.39 is 16.1 Å². The van der Waals surface area contributed by atoms with Crippen molar-refractivity contribution < 1.29 is 13.5 Å². The quantitative estimate of drug-likeness (QED) is 0.912. The SMILES string of the molecule is CS(=O)(=O)N1CCCc2cc([C@@H](O)CN3CCCC3)ccc21. The molecule has 22 heavy (non-hydrogen) atoms. The minimum Gasteiger partial charge on any atom is -0.387 e. The second-order valence-electron chi connectivity index (χ2n) is 6.35. The van der Waals surface area contributed by atoms with E-state index >= 15 is 0 Å². The number of aliphatic hydroxyl groups is 1. The van der Waals surface area contributed by atoms with E-state index in [2.05, 4.69) is 4.90 Å². The van der Waals surface area contributed by atoms with Crippen LogP contribution in [-0.4, -0.2) is 50.9 Å². The molecule has 2 heterocycles. The fourth-order valence-corrected chi connectivity index (χ4v) is 4.45. The number of aliphatic hydroxyl groups excluding tert-OH is 1. The third-order valence-electron chi connectivity index (χ3n) is 4.59. The molecule has 1 atom stereocenters. The van der Waals surface area contributed by atoms with Crippen molar-refractivity contribution in [3.63, 3.8) is 0 Å². The topological polar surface area (TPSA) is 60.9 Å². The maximum atomic E-state index is 11.9. The number of nitrogens with zero attached hydrogens (tertiary/aromatic N) is 2. The molecule has 122 valence electrons. The number of anilines is 1. The third-order valence-corrected chi connectivity index (χ3v) is 5.77. The van der Waals surface area contributed by atoms with E-state index in [1.165, 1.54) is 23.4 Å². The van der Waals surface area contributed by atoms with Gasteiger partial charge in [-0.2, -0.15) is 0 Å². The van der Waals surface area contributed by atoms with Gasteiger partial charge in [-0.3, -0.25) is 4.31 Å². The summed E-state index contributed by atoms with van der Waals surface area (Å²) in [6, 6.07) is 5.69. The van der Waals surface area contributed by atoms with Gasteiger partial charge in [-0.05, 0) is 56.0 Å². The van der Waals surface area contributed by atoms with Gasteiger partial charge < -0.3 is 10.0 Å². The number of likely N-dealkylation sites (tertiary alicyclic amines) is 1. The fourth-order valence-electron chi connectivity index (χ4n) is 3.45. The zero-order chi connectivity index (χ0) is 15.7. The highest BCUT2D eigenvalue weighted by Gasteiger charge is 2.25. The van der Waals surface area contributed by atoms with Gasteiger partial charge >= 0.3 is 0 Å². The highest BCUT2D eigenvalue weighted by molar-refractivity contribution is 7.92. The molecule has 1 saturated heterocycles. The number of hydrogen-bond acceptors (Lipinski definition) is 4. The molecule has 2 aliphatic heterocycles. The summed E-state index contributed by atoms with van der Waals surface area (Å²) in [4.78, 5) is 2.28. The lowest BCUT2D eigenvalue weighted by molar-refractivity contribution is 0.126. The Morgan fingerprint density at radius 2 is 1.91 bits per heavy atom. The molecule has 0 bridgehead atoms. The number of aryl methyl sites for hydroxylation is 1. The van der Waals surface area contributed by atoms with E-state index in [-0.39, 0.29) is 0 Å². The van der Waals surface area contributed by atoms with E-state index in [0.29, 0.717) is 13.1 Å². The Hall–Kier alpha value is -1.11. The molecular weight excluding hydrogens is 300 g/mol. The zero-order valence-electron chi connectivity index (χ0n) is 13.0. The molecule has 0 saturated carbocycles. The number of β-amino-alcohol motifs (C(OH)–C–C–N with tert-alkyl or cyclic N) is 1. The molecule has 1 fully saturated rings. The van der Waals surface area contributed by atoms with E-state index in [9.17, 15) is 13.5 Å². The first-order valence-electron chi connectivity index (χ1n) is 7.96. The van der Waals surface area contributed by atoms with Crippen LogP contribution in [0.4, 0.5) is 5.69 Å². The lowest BCUT2D eigenvalue weighted by Crippen LogP contribution is -2.34. The van der Waals surface area contributed by atoms with Crippen molar-refractivity contribution in [2.45, 2.75) is 31.8 Å². The first kappa shape index (κ1) is 15.8. The summed E-state index contributed by atoms with van der Waals surface area (Å²) in [6.07, 6.45) is 4.85. The number of hydrogen-bond donors (Lipinski definition) is 1. The molecule has 0 radical (unpaired) electrons. The molecule has 0 spiro atoms. The Morgan fingerprint density at radius 3 is 2.59 bits per heavy atom. The normalized spacial score (nSPS) is 20.9. The molecule has 0 aromatic heterocycles. The van der Waals surface area contributed by atoms with Gasteiger partial charge in [-0.25, -0.2) is 8.42 Å². The van der Waals surface area contributed by atoms with E-state index in [4.69, 9.17) is 0 Å². The van der Waals surface area contributed by atoms with Crippen LogP contribution in [0.2, 0.25) is 0 Å². The highest BCUT2D eigenvalue weighted by Crippen LogP contribution is 2.31. The van der Waals surface area contributed by atoms with Crippen molar-refractivity contribution in [3.05, 3.63) is 29.3 Å². The van der Waals surface area contributed by atoms with Crippen LogP contribution in [0, 0.1) is 0 Å². The lowest BCUT2D eigenvalue weighted by Gasteiger charge is -2.30. The smallest absolute Gasteiger partial charge is 0.232 e. The van der Waals surface area contributed by atoms with E-state index in [0.717, 1.165) is 42.7 Å². The first-order chi connectivity index (χ1) is 10.4. The molecule has 5 nitrogen and oxygen atoms in total. The van der Waals surface area contributed by atoms with Crippen LogP contribution >= 0.6 is 0 Å². The van der Waals surface area contributed by atoms with Crippen LogP contribution in [0.1, 0.15) is 36.5 Å². The first-order valence-corrected chi connectivity index (χ1v) is 9.81. The van der Waals surface area contributed by atoms with Crippen LogP contribution in [-0.2, 0) is 16.4 Å². The second kappa shape index (κ2) is 6.18. The minimum absolute atomic E-state index is 0.503. The van der Waals surface area contributed by atoms with Crippen molar-refractivity contribution in [3.8, 4) is 0 Å². The third kappa shape index (κ3) is 3.29. The zero-order valence-corrected chi connectivity index (χ0v) is 13.8. The maximum absolute atomic E-state index is 11.9. The molecule has 1 N–H and O–H groups in total. The maximum Gasteiger partial charge on any atom is 0.232 e. The van der Waals surface area contributed by atoms with Crippen molar-refractivity contribution in [1.82, 2.24) is 4.90 Å². The Balaban J connectivity index is 1.81. The molecule has 0 amide bonds. The van der Waals surface area contributed by atoms with Crippen LogP contribution in [0.3, 0.4) is 0 Å². The average molecular weight is 324 g/mol. The average Bonchev–Trinajstić information content (AvgIpc) is 2.98. The standard InChI is InChI=1S/C16H24N2O3S/c1-22(20,21)18-10-4-5-13-11-14(6-7-15(13)18)16(19)12-17-8-2-3-9-17/h6-7,11,16,19H,2-5,8-10,12H2,1H3/t16-/m0/s1. The lowest BCUT2D eigenvalue weighted by atomic mass is 9.98. The summed E-state index contributed by atoms with van der Waals surface area (Å²) in [5.41, 5.74) is 2.68. The highest BCUT2D eigenvalue weighted by atomic mass is 32.2. The predicted octanol–water partition coefficient (Wildman–Crippen LogP) is 1.53. The van der Waals surface area contributed by atoms with Gasteiger partial charge in [-0.1, -0.05) is 12.1 Å². The van der Waals surface area contributed by atoms with Gasteiger partial charge in [0.2, 0.25) is 10.0 Å². The van der Waals surface area contributed by atoms with Crippen molar-refractivity contribution >= 4 is 15.7 Å². The van der Waals surface area contributed by atoms with Crippen molar-refractivity contribution in [2.24, 2.45) is 0 Å². The summed E-state index contributed by atoms with van der Waals surface area (Å²) in [7, 11) is -3.23. The van der Waals surface area contributed by atoms with Crippen LogP contribution in [0.15, 0.2) is 18.2 Å². The summed E-state index contributed by atoms with van der Waals surface area (Å²) >= 11 is 0. The van der Waals surface area contributed by atoms with E-state index in [1.54, 1.807) is 0 Å². The Morgan fingerprint density at radius 1 is 1.18 bits per heavy atom. The number of benzene rings is 1. The summed E-state index contributed by atoms with van der Waals surface area (Å²) < 4.78 is 25.2. The van der Waals surface area contributed by atoms with Gasteiger partial charge in [0.1, 0.15) is 0 Å².